The Labute approximate surface area is 157 Å². The third kappa shape index (κ3) is 3.45. The van der Waals surface area contributed by atoms with Crippen LogP contribution >= 0.6 is 0 Å². The van der Waals surface area contributed by atoms with Gasteiger partial charge in [-0.2, -0.15) is 0 Å². The fourth-order valence-electron chi connectivity index (χ4n) is 3.38. The Morgan fingerprint density at radius 2 is 2.04 bits per heavy atom. The van der Waals surface area contributed by atoms with Crippen LogP contribution in [0.5, 0.6) is 0 Å². The fourth-order valence-corrected chi connectivity index (χ4v) is 4.50. The van der Waals surface area contributed by atoms with E-state index in [1.54, 1.807) is 12.1 Å². The van der Waals surface area contributed by atoms with Crippen molar-refractivity contribution in [3.05, 3.63) is 53.9 Å². The number of hydrogen-bond acceptors (Lipinski definition) is 4. The summed E-state index contributed by atoms with van der Waals surface area (Å²) < 4.78 is 29.8. The Hall–Kier alpha value is -2.71. The zero-order chi connectivity index (χ0) is 19.0. The summed E-state index contributed by atoms with van der Waals surface area (Å²) in [5, 5.41) is 2.70. The lowest BCUT2D eigenvalue weighted by Gasteiger charge is -2.10. The van der Waals surface area contributed by atoms with E-state index in [4.69, 9.17) is 0 Å². The first-order valence-electron chi connectivity index (χ1n) is 8.78. The molecule has 0 spiro atoms. The zero-order valence-electron chi connectivity index (χ0n) is 14.9. The SMILES string of the molecule is Cc1nc2ccccc2n1CCCNS(=O)(=O)c1ccc2c(c1)CC(=O)N2. The van der Waals surface area contributed by atoms with E-state index in [0.717, 1.165) is 16.9 Å². The van der Waals surface area contributed by atoms with Crippen molar-refractivity contribution in [3.63, 3.8) is 0 Å². The second-order valence-electron chi connectivity index (χ2n) is 6.59. The lowest BCUT2D eigenvalue weighted by molar-refractivity contribution is -0.115. The molecule has 0 aliphatic carbocycles. The van der Waals surface area contributed by atoms with Gasteiger partial charge in [-0.05, 0) is 49.2 Å². The highest BCUT2D eigenvalue weighted by atomic mass is 32.2. The number of carbonyl (C=O) groups is 1. The van der Waals surface area contributed by atoms with Gasteiger partial charge in [0.2, 0.25) is 15.9 Å². The van der Waals surface area contributed by atoms with Crippen molar-refractivity contribution in [2.45, 2.75) is 31.2 Å². The van der Waals surface area contributed by atoms with Gasteiger partial charge in [0.25, 0.3) is 0 Å². The molecule has 0 fully saturated rings. The average Bonchev–Trinajstić information content (AvgIpc) is 3.16. The first-order chi connectivity index (χ1) is 12.9. The van der Waals surface area contributed by atoms with E-state index < -0.39 is 10.0 Å². The monoisotopic (exact) mass is 384 g/mol. The number of amides is 1. The van der Waals surface area contributed by atoms with E-state index in [2.05, 4.69) is 19.6 Å². The van der Waals surface area contributed by atoms with Crippen LogP contribution in [0.25, 0.3) is 11.0 Å². The second-order valence-corrected chi connectivity index (χ2v) is 8.36. The van der Waals surface area contributed by atoms with E-state index in [1.165, 1.54) is 6.07 Å². The average molecular weight is 384 g/mol. The van der Waals surface area contributed by atoms with Crippen molar-refractivity contribution in [1.82, 2.24) is 14.3 Å². The molecule has 0 radical (unpaired) electrons. The van der Waals surface area contributed by atoms with Gasteiger partial charge < -0.3 is 9.88 Å². The first kappa shape index (κ1) is 17.7. The van der Waals surface area contributed by atoms with E-state index in [9.17, 15) is 13.2 Å². The highest BCUT2D eigenvalue weighted by molar-refractivity contribution is 7.89. The number of para-hydroxylation sites is 2. The van der Waals surface area contributed by atoms with Gasteiger partial charge >= 0.3 is 0 Å². The predicted octanol–water partition coefficient (Wildman–Crippen LogP) is 2.21. The van der Waals surface area contributed by atoms with Crippen LogP contribution in [0.4, 0.5) is 5.69 Å². The number of nitrogens with zero attached hydrogens (tertiary/aromatic N) is 2. The number of nitrogens with one attached hydrogen (secondary N) is 2. The minimum atomic E-state index is -3.61. The first-order valence-corrected chi connectivity index (χ1v) is 10.3. The molecule has 0 saturated heterocycles. The van der Waals surface area contributed by atoms with Crippen LogP contribution in [-0.2, 0) is 27.8 Å². The minimum Gasteiger partial charge on any atom is -0.328 e. The zero-order valence-corrected chi connectivity index (χ0v) is 15.7. The van der Waals surface area contributed by atoms with Crippen LogP contribution < -0.4 is 10.0 Å². The number of fused-ring (bicyclic) bond motifs is 2. The molecular weight excluding hydrogens is 364 g/mol. The molecule has 27 heavy (non-hydrogen) atoms. The van der Waals surface area contributed by atoms with Crippen LogP contribution in [0, 0.1) is 6.92 Å². The maximum atomic E-state index is 12.5. The molecule has 3 aromatic rings. The Morgan fingerprint density at radius 1 is 1.22 bits per heavy atom. The molecular formula is C19H20N4O3S. The molecule has 0 atom stereocenters. The van der Waals surface area contributed by atoms with Gasteiger partial charge in [-0.15, -0.1) is 0 Å². The number of imidazole rings is 1. The molecule has 1 aliphatic rings. The molecule has 0 bridgehead atoms. The topological polar surface area (TPSA) is 93.1 Å². The third-order valence-corrected chi connectivity index (χ3v) is 6.17. The van der Waals surface area contributed by atoms with Crippen molar-refractivity contribution in [1.29, 1.82) is 0 Å². The van der Waals surface area contributed by atoms with E-state index in [-0.39, 0.29) is 17.2 Å². The van der Waals surface area contributed by atoms with Gasteiger partial charge in [0.15, 0.2) is 0 Å². The normalized spacial score (nSPS) is 13.7. The largest absolute Gasteiger partial charge is 0.328 e. The number of rotatable bonds is 6. The standard InChI is InChI=1S/C19H20N4O3S/c1-13-21-17-5-2-3-6-18(17)23(13)10-4-9-20-27(25,26)15-7-8-16-14(11-15)12-19(24)22-16/h2-3,5-8,11,20H,4,9-10,12H2,1H3,(H,22,24). The van der Waals surface area contributed by atoms with E-state index >= 15 is 0 Å². The number of aryl methyl sites for hydroxylation is 2. The molecule has 2 heterocycles. The Kier molecular flexibility index (Phi) is 4.45. The fraction of sp³-hybridized carbons (Fsp3) is 0.263. The van der Waals surface area contributed by atoms with Gasteiger partial charge in [0, 0.05) is 18.8 Å². The molecule has 2 N–H and O–H groups in total. The van der Waals surface area contributed by atoms with Crippen LogP contribution in [0.2, 0.25) is 0 Å². The van der Waals surface area contributed by atoms with Gasteiger partial charge in [-0.25, -0.2) is 18.1 Å². The molecule has 1 aliphatic heterocycles. The number of sulfonamides is 1. The Morgan fingerprint density at radius 3 is 2.89 bits per heavy atom. The van der Waals surface area contributed by atoms with E-state index in [1.807, 2.05) is 31.2 Å². The summed E-state index contributed by atoms with van der Waals surface area (Å²) in [6.45, 7) is 2.95. The minimum absolute atomic E-state index is 0.115. The summed E-state index contributed by atoms with van der Waals surface area (Å²) in [6.07, 6.45) is 0.858. The Bertz CT molecular complexity index is 1140. The van der Waals surface area contributed by atoms with Crippen molar-refractivity contribution >= 4 is 32.7 Å². The third-order valence-electron chi connectivity index (χ3n) is 4.71. The van der Waals surface area contributed by atoms with Crippen LogP contribution in [0.15, 0.2) is 47.4 Å². The molecule has 2 aromatic carbocycles. The highest BCUT2D eigenvalue weighted by Gasteiger charge is 2.21. The van der Waals surface area contributed by atoms with Gasteiger partial charge in [0.05, 0.1) is 22.3 Å². The maximum Gasteiger partial charge on any atom is 0.240 e. The van der Waals surface area contributed by atoms with Crippen LogP contribution in [0.1, 0.15) is 17.8 Å². The summed E-state index contributed by atoms with van der Waals surface area (Å²) in [5.41, 5.74) is 3.38. The maximum absolute atomic E-state index is 12.5. The van der Waals surface area contributed by atoms with Gasteiger partial charge in [-0.3, -0.25) is 4.79 Å². The highest BCUT2D eigenvalue weighted by Crippen LogP contribution is 2.25. The molecule has 4 rings (SSSR count). The summed E-state index contributed by atoms with van der Waals surface area (Å²) in [6, 6.07) is 12.6. The molecule has 1 amide bonds. The summed E-state index contributed by atoms with van der Waals surface area (Å²) in [7, 11) is -3.61. The smallest absolute Gasteiger partial charge is 0.240 e. The lowest BCUT2D eigenvalue weighted by Crippen LogP contribution is -2.25. The van der Waals surface area contributed by atoms with Gasteiger partial charge in [-0.1, -0.05) is 12.1 Å². The summed E-state index contributed by atoms with van der Waals surface area (Å²) in [4.78, 5) is 16.1. The number of hydrogen-bond donors (Lipinski definition) is 2. The van der Waals surface area contributed by atoms with Crippen molar-refractivity contribution in [2.75, 3.05) is 11.9 Å². The predicted molar refractivity (Wildman–Crippen MR) is 103 cm³/mol. The van der Waals surface area contributed by atoms with Crippen LogP contribution in [0.3, 0.4) is 0 Å². The summed E-state index contributed by atoms with van der Waals surface area (Å²) >= 11 is 0. The quantitative estimate of drug-likeness (QED) is 0.637. The molecule has 8 heteroatoms. The Balaban J connectivity index is 1.41. The molecule has 1 aromatic heterocycles. The van der Waals surface area contributed by atoms with Crippen molar-refractivity contribution < 1.29 is 13.2 Å². The van der Waals surface area contributed by atoms with Crippen molar-refractivity contribution in [3.8, 4) is 0 Å². The lowest BCUT2D eigenvalue weighted by atomic mass is 10.2. The van der Waals surface area contributed by atoms with E-state index in [0.29, 0.717) is 30.8 Å². The van der Waals surface area contributed by atoms with Gasteiger partial charge in [0.1, 0.15) is 5.82 Å². The molecule has 140 valence electrons. The summed E-state index contributed by atoms with van der Waals surface area (Å²) in [5.74, 6) is 0.797. The molecule has 0 unspecified atom stereocenters. The van der Waals surface area contributed by atoms with Crippen LogP contribution in [-0.4, -0.2) is 30.4 Å². The number of carbonyl (C=O) groups excluding carboxylic acids is 1. The van der Waals surface area contributed by atoms with Crippen molar-refractivity contribution in [2.24, 2.45) is 0 Å². The molecule has 7 nitrogen and oxygen atoms in total. The molecule has 0 saturated carbocycles. The second kappa shape index (κ2) is 6.79. The number of benzene rings is 2. The number of aromatic nitrogens is 2. The number of anilines is 1.